The average molecular weight is 621 g/mol. The molecule has 3 aromatic carbocycles. The molecule has 0 N–H and O–H groups in total. The van der Waals surface area contributed by atoms with Gasteiger partial charge < -0.3 is 0 Å². The summed E-state index contributed by atoms with van der Waals surface area (Å²) >= 11 is 1.20. The summed E-state index contributed by atoms with van der Waals surface area (Å²) in [6.07, 6.45) is 4.42. The molecule has 0 atom stereocenters. The minimum absolute atomic E-state index is 0.0870. The normalized spacial score (nSPS) is 12.1. The van der Waals surface area contributed by atoms with E-state index in [4.69, 9.17) is 0 Å². The Morgan fingerprint density at radius 2 is 1.52 bits per heavy atom. The number of rotatable bonds is 10. The van der Waals surface area contributed by atoms with Crippen LogP contribution >= 0.6 is 11.3 Å². The third kappa shape index (κ3) is 6.41. The van der Waals surface area contributed by atoms with E-state index in [0.717, 1.165) is 17.4 Å². The van der Waals surface area contributed by atoms with E-state index in [1.54, 1.807) is 37.5 Å². The molecule has 42 heavy (non-hydrogen) atoms. The van der Waals surface area contributed by atoms with Crippen LogP contribution in [0.5, 0.6) is 0 Å². The maximum atomic E-state index is 13.9. The number of anilines is 1. The van der Waals surface area contributed by atoms with Crippen LogP contribution in [0.15, 0.2) is 107 Å². The molecular formula is C30H28N4O5S3. The van der Waals surface area contributed by atoms with Gasteiger partial charge in [-0.25, -0.2) is 21.8 Å². The molecule has 0 spiro atoms. The summed E-state index contributed by atoms with van der Waals surface area (Å²) in [6, 6.07) is 23.5. The van der Waals surface area contributed by atoms with Gasteiger partial charge in [-0.2, -0.15) is 4.31 Å². The highest BCUT2D eigenvalue weighted by molar-refractivity contribution is 7.90. The number of hydrogen-bond donors (Lipinski definition) is 0. The molecule has 5 aromatic rings. The largest absolute Gasteiger partial charge is 0.279 e. The second-order valence-electron chi connectivity index (χ2n) is 9.59. The molecular weight excluding hydrogens is 593 g/mol. The molecule has 0 radical (unpaired) electrons. The van der Waals surface area contributed by atoms with E-state index in [0.29, 0.717) is 15.3 Å². The van der Waals surface area contributed by atoms with Gasteiger partial charge in [0.05, 0.1) is 26.6 Å². The van der Waals surface area contributed by atoms with Crippen molar-refractivity contribution in [2.45, 2.75) is 29.8 Å². The zero-order valence-corrected chi connectivity index (χ0v) is 25.4. The van der Waals surface area contributed by atoms with Gasteiger partial charge in [0, 0.05) is 37.3 Å². The van der Waals surface area contributed by atoms with Gasteiger partial charge >= 0.3 is 0 Å². The Hall–Kier alpha value is -3.97. The molecule has 1 amide bonds. The summed E-state index contributed by atoms with van der Waals surface area (Å²) in [6.45, 7) is 2.46. The van der Waals surface area contributed by atoms with Crippen molar-refractivity contribution in [3.8, 4) is 0 Å². The van der Waals surface area contributed by atoms with E-state index >= 15 is 0 Å². The molecule has 0 fully saturated rings. The van der Waals surface area contributed by atoms with Crippen molar-refractivity contribution >= 4 is 52.5 Å². The number of hydrogen-bond acceptors (Lipinski definition) is 8. The Bertz CT molecular complexity index is 1930. The highest BCUT2D eigenvalue weighted by atomic mass is 32.2. The smallest absolute Gasteiger partial charge is 0.260 e. The van der Waals surface area contributed by atoms with Crippen LogP contribution in [0, 0.1) is 0 Å². The first-order chi connectivity index (χ1) is 20.1. The lowest BCUT2D eigenvalue weighted by atomic mass is 10.2. The second-order valence-corrected chi connectivity index (χ2v) is 14.6. The first-order valence-electron chi connectivity index (χ1n) is 13.0. The minimum atomic E-state index is -3.81. The fraction of sp³-hybridized carbons (Fsp3) is 0.167. The van der Waals surface area contributed by atoms with E-state index < -0.39 is 19.9 Å². The van der Waals surface area contributed by atoms with Crippen LogP contribution in [-0.4, -0.2) is 49.8 Å². The van der Waals surface area contributed by atoms with Gasteiger partial charge in [0.25, 0.3) is 5.91 Å². The Kier molecular flexibility index (Phi) is 8.50. The molecule has 2 heterocycles. The standard InChI is InChI=1S/C30H28N4O5S3/c1-3-33(20-22-8-5-4-6-9-22)42(38,39)25-13-11-24(12-14-25)29(35)34(21-23-10-7-17-31-19-23)30-32-27-16-15-26(41(2,36)37)18-28(27)40-30/h4-19H,3,20-21H2,1-2H3. The summed E-state index contributed by atoms with van der Waals surface area (Å²) < 4.78 is 53.0. The number of sulfone groups is 1. The number of fused-ring (bicyclic) bond motifs is 1. The highest BCUT2D eigenvalue weighted by Gasteiger charge is 2.26. The monoisotopic (exact) mass is 620 g/mol. The number of carbonyl (C=O) groups excluding carboxylic acids is 1. The number of amides is 1. The first-order valence-corrected chi connectivity index (χ1v) is 17.2. The molecule has 0 unspecified atom stereocenters. The average Bonchev–Trinajstić information content (AvgIpc) is 3.42. The number of pyridine rings is 1. The van der Waals surface area contributed by atoms with Crippen LogP contribution in [-0.2, 0) is 33.0 Å². The molecule has 0 aliphatic rings. The third-order valence-electron chi connectivity index (χ3n) is 6.61. The quantitative estimate of drug-likeness (QED) is 0.212. The van der Waals surface area contributed by atoms with Gasteiger partial charge in [-0.1, -0.05) is 54.7 Å². The maximum Gasteiger partial charge on any atom is 0.260 e. The SMILES string of the molecule is CCN(Cc1ccccc1)S(=O)(=O)c1ccc(C(=O)N(Cc2cccnc2)c2nc3ccc(S(C)(=O)=O)cc3s2)cc1. The van der Waals surface area contributed by atoms with E-state index in [2.05, 4.69) is 9.97 Å². The van der Waals surface area contributed by atoms with E-state index in [1.807, 2.05) is 36.4 Å². The summed E-state index contributed by atoms with van der Waals surface area (Å²) in [4.78, 5) is 24.4. The van der Waals surface area contributed by atoms with Crippen molar-refractivity contribution in [3.05, 3.63) is 114 Å². The lowest BCUT2D eigenvalue weighted by Crippen LogP contribution is -2.31. The van der Waals surface area contributed by atoms with Crippen molar-refractivity contribution in [1.29, 1.82) is 0 Å². The number of carbonyl (C=O) groups is 1. The number of thiazole rings is 1. The van der Waals surface area contributed by atoms with Crippen molar-refractivity contribution in [1.82, 2.24) is 14.3 Å². The number of benzene rings is 3. The zero-order valence-electron chi connectivity index (χ0n) is 22.9. The number of aromatic nitrogens is 2. The van der Waals surface area contributed by atoms with Crippen molar-refractivity contribution in [2.24, 2.45) is 0 Å². The van der Waals surface area contributed by atoms with Crippen molar-refractivity contribution in [3.63, 3.8) is 0 Å². The van der Waals surface area contributed by atoms with Gasteiger partial charge in [0.15, 0.2) is 15.0 Å². The predicted octanol–water partition coefficient (Wildman–Crippen LogP) is 5.15. The summed E-state index contributed by atoms with van der Waals surface area (Å²) in [5.74, 6) is -0.387. The molecule has 0 saturated carbocycles. The van der Waals surface area contributed by atoms with Crippen LogP contribution in [0.1, 0.15) is 28.4 Å². The van der Waals surface area contributed by atoms with E-state index in [-0.39, 0.29) is 40.9 Å². The molecule has 0 bridgehead atoms. The van der Waals surface area contributed by atoms with Crippen molar-refractivity contribution < 1.29 is 21.6 Å². The molecule has 2 aromatic heterocycles. The van der Waals surface area contributed by atoms with E-state index in [1.165, 1.54) is 50.9 Å². The molecule has 5 rings (SSSR count). The van der Waals surface area contributed by atoms with Crippen LogP contribution < -0.4 is 4.90 Å². The predicted molar refractivity (Wildman–Crippen MR) is 164 cm³/mol. The van der Waals surface area contributed by atoms with Crippen LogP contribution in [0.2, 0.25) is 0 Å². The minimum Gasteiger partial charge on any atom is -0.279 e. The Morgan fingerprint density at radius 1 is 0.833 bits per heavy atom. The van der Waals surface area contributed by atoms with Gasteiger partial charge in [-0.15, -0.1) is 0 Å². The fourth-order valence-electron chi connectivity index (χ4n) is 4.37. The van der Waals surface area contributed by atoms with Crippen LogP contribution in [0.25, 0.3) is 10.2 Å². The second kappa shape index (κ2) is 12.1. The van der Waals surface area contributed by atoms with Gasteiger partial charge in [-0.05, 0) is 59.7 Å². The first kappa shape index (κ1) is 29.5. The molecule has 9 nitrogen and oxygen atoms in total. The molecule has 216 valence electrons. The van der Waals surface area contributed by atoms with Crippen LogP contribution in [0.3, 0.4) is 0 Å². The maximum absolute atomic E-state index is 13.9. The lowest BCUT2D eigenvalue weighted by Gasteiger charge is -2.22. The van der Waals surface area contributed by atoms with Crippen LogP contribution in [0.4, 0.5) is 5.13 Å². The Labute approximate surface area is 249 Å². The lowest BCUT2D eigenvalue weighted by molar-refractivity contribution is 0.0985. The van der Waals surface area contributed by atoms with E-state index in [9.17, 15) is 21.6 Å². The molecule has 0 aliphatic heterocycles. The number of nitrogens with zero attached hydrogens (tertiary/aromatic N) is 4. The Balaban J connectivity index is 1.46. The topological polar surface area (TPSA) is 118 Å². The van der Waals surface area contributed by atoms with Gasteiger partial charge in [-0.3, -0.25) is 14.7 Å². The third-order valence-corrected chi connectivity index (χ3v) is 10.7. The Morgan fingerprint density at radius 3 is 2.17 bits per heavy atom. The molecule has 0 aliphatic carbocycles. The zero-order chi connectivity index (χ0) is 29.9. The van der Waals surface area contributed by atoms with Crippen molar-refractivity contribution in [2.75, 3.05) is 17.7 Å². The summed E-state index contributed by atoms with van der Waals surface area (Å²) in [5, 5.41) is 0.376. The van der Waals surface area contributed by atoms with Gasteiger partial charge in [0.1, 0.15) is 0 Å². The molecule has 0 saturated heterocycles. The summed E-state index contributed by atoms with van der Waals surface area (Å²) in [7, 11) is -7.22. The molecule has 12 heteroatoms. The highest BCUT2D eigenvalue weighted by Crippen LogP contribution is 2.32. The number of sulfonamides is 1. The van der Waals surface area contributed by atoms with Gasteiger partial charge in [0.2, 0.25) is 10.0 Å². The fourth-order valence-corrected chi connectivity index (χ4v) is 7.53. The summed E-state index contributed by atoms with van der Waals surface area (Å²) in [5.41, 5.74) is 2.48.